The average molecular weight is 242 g/mol. The van der Waals surface area contributed by atoms with Crippen LogP contribution in [-0.2, 0) is 4.79 Å². The van der Waals surface area contributed by atoms with Crippen molar-refractivity contribution in [2.75, 3.05) is 19.6 Å². The molecule has 1 amide bonds. The molecule has 0 aromatic rings. The van der Waals surface area contributed by atoms with E-state index >= 15 is 0 Å². The molecule has 4 nitrogen and oxygen atoms in total. The Balaban J connectivity index is 2.13. The maximum atomic E-state index is 11.2. The molecule has 0 bridgehead atoms. The SMILES string of the molecule is CCNC(=O)CCNCC1(O)CCCCCC1. The zero-order valence-corrected chi connectivity index (χ0v) is 10.9. The van der Waals surface area contributed by atoms with Gasteiger partial charge in [-0.1, -0.05) is 25.7 Å². The molecular formula is C13H26N2O2. The van der Waals surface area contributed by atoms with Gasteiger partial charge in [0.15, 0.2) is 0 Å². The molecule has 1 fully saturated rings. The first-order valence-corrected chi connectivity index (χ1v) is 6.86. The summed E-state index contributed by atoms with van der Waals surface area (Å²) in [7, 11) is 0. The van der Waals surface area contributed by atoms with Crippen LogP contribution >= 0.6 is 0 Å². The van der Waals surface area contributed by atoms with Crippen LogP contribution in [0.4, 0.5) is 0 Å². The van der Waals surface area contributed by atoms with Gasteiger partial charge in [0, 0.05) is 26.1 Å². The van der Waals surface area contributed by atoms with Gasteiger partial charge < -0.3 is 15.7 Å². The summed E-state index contributed by atoms with van der Waals surface area (Å²) in [6.45, 7) is 3.86. The van der Waals surface area contributed by atoms with Crippen LogP contribution in [0, 0.1) is 0 Å². The fourth-order valence-corrected chi connectivity index (χ4v) is 2.37. The summed E-state index contributed by atoms with van der Waals surface area (Å²) in [6, 6.07) is 0. The summed E-state index contributed by atoms with van der Waals surface area (Å²) in [4.78, 5) is 11.2. The van der Waals surface area contributed by atoms with Gasteiger partial charge in [-0.05, 0) is 19.8 Å². The summed E-state index contributed by atoms with van der Waals surface area (Å²) in [5, 5.41) is 16.3. The molecule has 4 heteroatoms. The fourth-order valence-electron chi connectivity index (χ4n) is 2.37. The van der Waals surface area contributed by atoms with Gasteiger partial charge in [0.1, 0.15) is 0 Å². The lowest BCUT2D eigenvalue weighted by molar-refractivity contribution is -0.120. The zero-order chi connectivity index (χ0) is 12.6. The molecule has 3 N–H and O–H groups in total. The van der Waals surface area contributed by atoms with Gasteiger partial charge in [0.25, 0.3) is 0 Å². The number of rotatable bonds is 6. The number of carbonyl (C=O) groups is 1. The number of hydrogen-bond acceptors (Lipinski definition) is 3. The van der Waals surface area contributed by atoms with Gasteiger partial charge in [0.2, 0.25) is 5.91 Å². The predicted octanol–water partition coefficient (Wildman–Crippen LogP) is 1.19. The summed E-state index contributed by atoms with van der Waals surface area (Å²) in [6.07, 6.45) is 6.98. The highest BCUT2D eigenvalue weighted by atomic mass is 16.3. The molecule has 0 radical (unpaired) electrons. The highest BCUT2D eigenvalue weighted by Crippen LogP contribution is 2.26. The molecule has 0 aromatic carbocycles. The third-order valence-electron chi connectivity index (χ3n) is 3.39. The second kappa shape index (κ2) is 7.67. The van der Waals surface area contributed by atoms with Crippen LogP contribution in [0.5, 0.6) is 0 Å². The van der Waals surface area contributed by atoms with E-state index in [1.54, 1.807) is 0 Å². The topological polar surface area (TPSA) is 61.4 Å². The van der Waals surface area contributed by atoms with Crippen molar-refractivity contribution in [3.8, 4) is 0 Å². The molecule has 0 spiro atoms. The van der Waals surface area contributed by atoms with Crippen molar-refractivity contribution >= 4 is 5.91 Å². The Bertz CT molecular complexity index is 223. The lowest BCUT2D eigenvalue weighted by atomic mass is 9.94. The first kappa shape index (κ1) is 14.5. The van der Waals surface area contributed by atoms with Crippen molar-refractivity contribution in [2.24, 2.45) is 0 Å². The molecule has 1 aliphatic carbocycles. The molecule has 1 aliphatic rings. The molecule has 1 saturated carbocycles. The number of hydrogen-bond donors (Lipinski definition) is 3. The molecule has 1 rings (SSSR count). The van der Waals surface area contributed by atoms with Crippen LogP contribution in [0.2, 0.25) is 0 Å². The quantitative estimate of drug-likeness (QED) is 0.484. The van der Waals surface area contributed by atoms with Gasteiger partial charge in [-0.15, -0.1) is 0 Å². The summed E-state index contributed by atoms with van der Waals surface area (Å²) >= 11 is 0. The van der Waals surface area contributed by atoms with Crippen molar-refractivity contribution in [1.82, 2.24) is 10.6 Å². The lowest BCUT2D eigenvalue weighted by Gasteiger charge is -2.26. The van der Waals surface area contributed by atoms with E-state index in [4.69, 9.17) is 0 Å². The maximum Gasteiger partial charge on any atom is 0.221 e. The third kappa shape index (κ3) is 6.03. The minimum Gasteiger partial charge on any atom is -0.389 e. The first-order chi connectivity index (χ1) is 8.16. The summed E-state index contributed by atoms with van der Waals surface area (Å²) in [5.41, 5.74) is -0.544. The molecule has 0 saturated heterocycles. The van der Waals surface area contributed by atoms with Crippen LogP contribution < -0.4 is 10.6 Å². The van der Waals surface area contributed by atoms with Gasteiger partial charge in [-0.2, -0.15) is 0 Å². The Labute approximate surface area is 104 Å². The number of carbonyl (C=O) groups excluding carboxylic acids is 1. The van der Waals surface area contributed by atoms with Crippen molar-refractivity contribution in [3.05, 3.63) is 0 Å². The van der Waals surface area contributed by atoms with E-state index in [1.807, 2.05) is 6.92 Å². The van der Waals surface area contributed by atoms with E-state index in [0.29, 0.717) is 26.1 Å². The largest absolute Gasteiger partial charge is 0.389 e. The van der Waals surface area contributed by atoms with Crippen molar-refractivity contribution < 1.29 is 9.90 Å². The van der Waals surface area contributed by atoms with E-state index < -0.39 is 5.60 Å². The Morgan fingerprint density at radius 2 is 1.88 bits per heavy atom. The predicted molar refractivity (Wildman–Crippen MR) is 68.8 cm³/mol. The second-order valence-corrected chi connectivity index (χ2v) is 5.02. The maximum absolute atomic E-state index is 11.2. The minimum atomic E-state index is -0.544. The van der Waals surface area contributed by atoms with Crippen molar-refractivity contribution in [1.29, 1.82) is 0 Å². The lowest BCUT2D eigenvalue weighted by Crippen LogP contribution is -2.41. The van der Waals surface area contributed by atoms with E-state index in [-0.39, 0.29) is 5.91 Å². The second-order valence-electron chi connectivity index (χ2n) is 5.02. The van der Waals surface area contributed by atoms with Crippen LogP contribution in [0.1, 0.15) is 51.9 Å². The average Bonchev–Trinajstić information content (AvgIpc) is 2.51. The highest BCUT2D eigenvalue weighted by Gasteiger charge is 2.27. The van der Waals surface area contributed by atoms with Gasteiger partial charge in [0.05, 0.1) is 5.60 Å². The van der Waals surface area contributed by atoms with Crippen LogP contribution in [-0.4, -0.2) is 36.2 Å². The Morgan fingerprint density at radius 1 is 1.24 bits per heavy atom. The highest BCUT2D eigenvalue weighted by molar-refractivity contribution is 5.75. The molecule has 0 atom stereocenters. The van der Waals surface area contributed by atoms with Crippen LogP contribution in [0.25, 0.3) is 0 Å². The van der Waals surface area contributed by atoms with Crippen molar-refractivity contribution in [2.45, 2.75) is 57.5 Å². The summed E-state index contributed by atoms with van der Waals surface area (Å²) < 4.78 is 0. The molecule has 0 aromatic heterocycles. The Hall–Kier alpha value is -0.610. The first-order valence-electron chi connectivity index (χ1n) is 6.86. The smallest absolute Gasteiger partial charge is 0.221 e. The molecular weight excluding hydrogens is 216 g/mol. The monoisotopic (exact) mass is 242 g/mol. The third-order valence-corrected chi connectivity index (χ3v) is 3.39. The fraction of sp³-hybridized carbons (Fsp3) is 0.923. The van der Waals surface area contributed by atoms with E-state index in [9.17, 15) is 9.90 Å². The molecule has 100 valence electrons. The molecule has 17 heavy (non-hydrogen) atoms. The summed E-state index contributed by atoms with van der Waals surface area (Å²) in [5.74, 6) is 0.0767. The number of aliphatic hydroxyl groups is 1. The van der Waals surface area contributed by atoms with Crippen LogP contribution in [0.3, 0.4) is 0 Å². The normalized spacial score (nSPS) is 19.6. The van der Waals surface area contributed by atoms with Gasteiger partial charge in [-0.3, -0.25) is 4.79 Å². The standard InChI is InChI=1S/C13H26N2O2/c1-2-15-12(16)7-10-14-11-13(17)8-5-3-4-6-9-13/h14,17H,2-11H2,1H3,(H,15,16). The molecule has 0 heterocycles. The van der Waals surface area contributed by atoms with E-state index in [0.717, 1.165) is 25.7 Å². The molecule has 0 aliphatic heterocycles. The van der Waals surface area contributed by atoms with Gasteiger partial charge in [-0.25, -0.2) is 0 Å². The van der Waals surface area contributed by atoms with Crippen LogP contribution in [0.15, 0.2) is 0 Å². The minimum absolute atomic E-state index is 0.0767. The number of nitrogens with one attached hydrogen (secondary N) is 2. The Morgan fingerprint density at radius 3 is 2.47 bits per heavy atom. The number of amides is 1. The Kier molecular flexibility index (Phi) is 6.52. The molecule has 0 unspecified atom stereocenters. The van der Waals surface area contributed by atoms with E-state index in [2.05, 4.69) is 10.6 Å². The van der Waals surface area contributed by atoms with Gasteiger partial charge >= 0.3 is 0 Å². The zero-order valence-electron chi connectivity index (χ0n) is 10.9. The van der Waals surface area contributed by atoms with E-state index in [1.165, 1.54) is 12.8 Å². The van der Waals surface area contributed by atoms with Crippen molar-refractivity contribution in [3.63, 3.8) is 0 Å².